The first-order valence-corrected chi connectivity index (χ1v) is 6.03. The minimum Gasteiger partial charge on any atom is -0.294 e. The molecular formula is C15H18O. The highest BCUT2D eigenvalue weighted by Gasteiger charge is 2.12. The van der Waals surface area contributed by atoms with Crippen LogP contribution in [-0.4, -0.2) is 5.78 Å². The highest BCUT2D eigenvalue weighted by atomic mass is 16.1. The van der Waals surface area contributed by atoms with Crippen molar-refractivity contribution in [3.63, 3.8) is 0 Å². The van der Waals surface area contributed by atoms with Crippen LogP contribution < -0.4 is 0 Å². The molecule has 0 N–H and O–H groups in total. The van der Waals surface area contributed by atoms with Gasteiger partial charge in [-0.2, -0.15) is 0 Å². The Morgan fingerprint density at radius 1 is 1.31 bits per heavy atom. The van der Waals surface area contributed by atoms with Gasteiger partial charge in [-0.3, -0.25) is 4.79 Å². The number of carbonyl (C=O) groups is 1. The summed E-state index contributed by atoms with van der Waals surface area (Å²) in [5.74, 6) is 0.310. The van der Waals surface area contributed by atoms with Crippen LogP contribution in [0, 0.1) is 6.92 Å². The number of ketones is 1. The fraction of sp³-hybridized carbons (Fsp3) is 0.400. The largest absolute Gasteiger partial charge is 0.294 e. The van der Waals surface area contributed by atoms with Crippen LogP contribution in [0.25, 0.3) is 0 Å². The zero-order valence-electron chi connectivity index (χ0n) is 9.83. The molecule has 0 saturated carbocycles. The van der Waals surface area contributed by atoms with Crippen LogP contribution in [0.5, 0.6) is 0 Å². The molecule has 0 bridgehead atoms. The highest BCUT2D eigenvalue weighted by molar-refractivity contribution is 5.96. The minimum absolute atomic E-state index is 0.310. The van der Waals surface area contributed by atoms with Gasteiger partial charge in [-0.1, -0.05) is 35.9 Å². The van der Waals surface area contributed by atoms with Gasteiger partial charge in [0.2, 0.25) is 0 Å². The molecule has 1 aliphatic rings. The van der Waals surface area contributed by atoms with Gasteiger partial charge >= 0.3 is 0 Å². The van der Waals surface area contributed by atoms with E-state index in [0.717, 1.165) is 24.0 Å². The van der Waals surface area contributed by atoms with E-state index >= 15 is 0 Å². The number of carbonyl (C=O) groups excluding carboxylic acids is 1. The molecule has 0 amide bonds. The zero-order chi connectivity index (χ0) is 11.4. The molecular weight excluding hydrogens is 196 g/mol. The van der Waals surface area contributed by atoms with Crippen molar-refractivity contribution in [3.05, 3.63) is 47.0 Å². The Morgan fingerprint density at radius 3 is 2.88 bits per heavy atom. The zero-order valence-corrected chi connectivity index (χ0v) is 9.83. The van der Waals surface area contributed by atoms with Crippen molar-refractivity contribution in [2.75, 3.05) is 0 Å². The van der Waals surface area contributed by atoms with E-state index < -0.39 is 0 Å². The fourth-order valence-corrected chi connectivity index (χ4v) is 2.21. The molecule has 0 aromatic heterocycles. The predicted octanol–water partition coefficient (Wildman–Crippen LogP) is 3.61. The average Bonchev–Trinajstić information content (AvgIpc) is 2.30. The van der Waals surface area contributed by atoms with E-state index in [-0.39, 0.29) is 0 Å². The third kappa shape index (κ3) is 2.82. The van der Waals surface area contributed by atoms with Crippen molar-refractivity contribution >= 4 is 5.78 Å². The van der Waals surface area contributed by atoms with Crippen LogP contribution in [-0.2, 0) is 11.2 Å². The lowest BCUT2D eigenvalue weighted by atomic mass is 9.93. The molecule has 1 aromatic rings. The van der Waals surface area contributed by atoms with Gasteiger partial charge in [-0.05, 0) is 43.7 Å². The summed E-state index contributed by atoms with van der Waals surface area (Å²) in [6, 6.07) is 8.22. The average molecular weight is 214 g/mol. The van der Waals surface area contributed by atoms with Gasteiger partial charge in [-0.25, -0.2) is 0 Å². The maximum Gasteiger partial charge on any atom is 0.162 e. The first-order valence-electron chi connectivity index (χ1n) is 6.03. The SMILES string of the molecule is Cc1cccc(CC(=O)C2=CCCCC2)c1. The van der Waals surface area contributed by atoms with Crippen molar-refractivity contribution < 1.29 is 4.79 Å². The number of rotatable bonds is 3. The van der Waals surface area contributed by atoms with E-state index in [2.05, 4.69) is 25.1 Å². The minimum atomic E-state index is 0.310. The smallest absolute Gasteiger partial charge is 0.162 e. The van der Waals surface area contributed by atoms with Crippen LogP contribution in [0.1, 0.15) is 36.8 Å². The molecule has 0 unspecified atom stereocenters. The number of aryl methyl sites for hydroxylation is 1. The Hall–Kier alpha value is -1.37. The third-order valence-electron chi connectivity index (χ3n) is 3.10. The summed E-state index contributed by atoms with van der Waals surface area (Å²) in [5, 5.41) is 0. The molecule has 0 fully saturated rings. The van der Waals surface area contributed by atoms with Gasteiger partial charge in [-0.15, -0.1) is 0 Å². The number of benzene rings is 1. The Bertz CT molecular complexity index is 415. The Labute approximate surface area is 97.2 Å². The summed E-state index contributed by atoms with van der Waals surface area (Å²) in [5.41, 5.74) is 3.41. The van der Waals surface area contributed by atoms with Crippen molar-refractivity contribution in [1.29, 1.82) is 0 Å². The first-order chi connectivity index (χ1) is 7.75. The van der Waals surface area contributed by atoms with Crippen LogP contribution in [0.15, 0.2) is 35.9 Å². The molecule has 1 aliphatic carbocycles. The molecule has 16 heavy (non-hydrogen) atoms. The fourth-order valence-electron chi connectivity index (χ4n) is 2.21. The molecule has 1 nitrogen and oxygen atoms in total. The Balaban J connectivity index is 2.04. The highest BCUT2D eigenvalue weighted by Crippen LogP contribution is 2.19. The van der Waals surface area contributed by atoms with Gasteiger partial charge in [0, 0.05) is 6.42 Å². The van der Waals surface area contributed by atoms with Gasteiger partial charge < -0.3 is 0 Å². The van der Waals surface area contributed by atoms with E-state index in [1.165, 1.54) is 18.4 Å². The topological polar surface area (TPSA) is 17.1 Å². The molecule has 84 valence electrons. The maximum atomic E-state index is 12.0. The normalized spacial score (nSPS) is 15.7. The van der Waals surface area contributed by atoms with E-state index in [0.29, 0.717) is 12.2 Å². The summed E-state index contributed by atoms with van der Waals surface area (Å²) < 4.78 is 0. The number of Topliss-reactive ketones (excluding diaryl/α,β-unsaturated/α-hetero) is 1. The van der Waals surface area contributed by atoms with Crippen LogP contribution in [0.4, 0.5) is 0 Å². The van der Waals surface area contributed by atoms with Gasteiger partial charge in [0.25, 0.3) is 0 Å². The molecule has 0 spiro atoms. The number of allylic oxidation sites excluding steroid dienone is 2. The van der Waals surface area contributed by atoms with E-state index in [9.17, 15) is 4.79 Å². The lowest BCUT2D eigenvalue weighted by molar-refractivity contribution is -0.115. The second-order valence-electron chi connectivity index (χ2n) is 4.56. The van der Waals surface area contributed by atoms with Crippen LogP contribution >= 0.6 is 0 Å². The first kappa shape index (κ1) is 11.1. The van der Waals surface area contributed by atoms with E-state index in [1.54, 1.807) is 0 Å². The molecule has 1 heteroatoms. The summed E-state index contributed by atoms with van der Waals surface area (Å²) in [4.78, 5) is 12.0. The molecule has 0 aliphatic heterocycles. The summed E-state index contributed by atoms with van der Waals surface area (Å²) >= 11 is 0. The summed E-state index contributed by atoms with van der Waals surface area (Å²) in [6.45, 7) is 2.06. The molecule has 0 atom stereocenters. The molecule has 0 heterocycles. The van der Waals surface area contributed by atoms with Gasteiger partial charge in [0.1, 0.15) is 0 Å². The predicted molar refractivity (Wildman–Crippen MR) is 66.4 cm³/mol. The lowest BCUT2D eigenvalue weighted by Gasteiger charge is -2.11. The van der Waals surface area contributed by atoms with Crippen molar-refractivity contribution in [1.82, 2.24) is 0 Å². The number of hydrogen-bond acceptors (Lipinski definition) is 1. The quantitative estimate of drug-likeness (QED) is 0.751. The molecule has 2 rings (SSSR count). The lowest BCUT2D eigenvalue weighted by Crippen LogP contribution is -2.08. The standard InChI is InChI=1S/C15H18O/c1-12-6-5-7-13(10-12)11-15(16)14-8-3-2-4-9-14/h5-8,10H,2-4,9,11H2,1H3. The van der Waals surface area contributed by atoms with E-state index in [4.69, 9.17) is 0 Å². The van der Waals surface area contributed by atoms with Gasteiger partial charge in [0.15, 0.2) is 5.78 Å². The van der Waals surface area contributed by atoms with Gasteiger partial charge in [0.05, 0.1) is 0 Å². The Morgan fingerprint density at radius 2 is 2.19 bits per heavy atom. The monoisotopic (exact) mass is 214 g/mol. The second-order valence-corrected chi connectivity index (χ2v) is 4.56. The van der Waals surface area contributed by atoms with Crippen molar-refractivity contribution in [3.8, 4) is 0 Å². The number of hydrogen-bond donors (Lipinski definition) is 0. The van der Waals surface area contributed by atoms with Crippen molar-refractivity contribution in [2.45, 2.75) is 39.0 Å². The summed E-state index contributed by atoms with van der Waals surface area (Å²) in [7, 11) is 0. The second kappa shape index (κ2) is 5.11. The summed E-state index contributed by atoms with van der Waals surface area (Å²) in [6.07, 6.45) is 7.15. The van der Waals surface area contributed by atoms with Crippen LogP contribution in [0.3, 0.4) is 0 Å². The maximum absolute atomic E-state index is 12.0. The Kier molecular flexibility index (Phi) is 3.55. The molecule has 0 saturated heterocycles. The third-order valence-corrected chi connectivity index (χ3v) is 3.10. The molecule has 1 aromatic carbocycles. The van der Waals surface area contributed by atoms with E-state index in [1.807, 2.05) is 12.1 Å². The molecule has 0 radical (unpaired) electrons. The van der Waals surface area contributed by atoms with Crippen LogP contribution in [0.2, 0.25) is 0 Å². The van der Waals surface area contributed by atoms with Crippen molar-refractivity contribution in [2.24, 2.45) is 0 Å².